The highest BCUT2D eigenvalue weighted by Crippen LogP contribution is 2.25. The molecule has 22 heavy (non-hydrogen) atoms. The van der Waals surface area contributed by atoms with Crippen molar-refractivity contribution < 1.29 is 9.53 Å². The second-order valence-corrected chi connectivity index (χ2v) is 5.50. The number of pyridine rings is 1. The number of hydrogen-bond acceptors (Lipinski definition) is 5. The molecule has 7 heteroatoms. The molecule has 0 fully saturated rings. The van der Waals surface area contributed by atoms with Crippen LogP contribution in [0.3, 0.4) is 0 Å². The first-order chi connectivity index (χ1) is 10.6. The van der Waals surface area contributed by atoms with Crippen LogP contribution in [0, 0.1) is 0 Å². The van der Waals surface area contributed by atoms with E-state index in [1.807, 2.05) is 13.0 Å². The SMILES string of the molecule is CCCC(C(=O)Nc1cnc(Br)cn1)c1ccnc(OC)c1. The fraction of sp³-hybridized carbons (Fsp3) is 0.333. The normalized spacial score (nSPS) is 11.8. The van der Waals surface area contributed by atoms with Gasteiger partial charge in [-0.15, -0.1) is 0 Å². The van der Waals surface area contributed by atoms with Gasteiger partial charge >= 0.3 is 0 Å². The number of nitrogens with zero attached hydrogens (tertiary/aromatic N) is 3. The maximum absolute atomic E-state index is 12.5. The fourth-order valence-electron chi connectivity index (χ4n) is 2.08. The van der Waals surface area contributed by atoms with Crippen LogP contribution in [-0.2, 0) is 4.79 Å². The van der Waals surface area contributed by atoms with Crippen LogP contribution in [0.5, 0.6) is 5.88 Å². The molecule has 1 atom stereocenters. The van der Waals surface area contributed by atoms with Crippen molar-refractivity contribution in [2.24, 2.45) is 0 Å². The van der Waals surface area contributed by atoms with E-state index in [4.69, 9.17) is 4.74 Å². The van der Waals surface area contributed by atoms with E-state index in [1.165, 1.54) is 6.20 Å². The van der Waals surface area contributed by atoms with E-state index in [9.17, 15) is 4.79 Å². The molecule has 0 saturated heterocycles. The predicted molar refractivity (Wildman–Crippen MR) is 86.8 cm³/mol. The van der Waals surface area contributed by atoms with Gasteiger partial charge in [-0.1, -0.05) is 13.3 Å². The van der Waals surface area contributed by atoms with Crippen molar-refractivity contribution in [1.29, 1.82) is 0 Å². The van der Waals surface area contributed by atoms with Crippen molar-refractivity contribution in [3.8, 4) is 5.88 Å². The molecule has 0 aliphatic heterocycles. The van der Waals surface area contributed by atoms with Gasteiger partial charge in [-0.25, -0.2) is 15.0 Å². The van der Waals surface area contributed by atoms with E-state index in [0.29, 0.717) is 16.3 Å². The maximum Gasteiger partial charge on any atom is 0.233 e. The summed E-state index contributed by atoms with van der Waals surface area (Å²) in [6.45, 7) is 2.04. The minimum Gasteiger partial charge on any atom is -0.481 e. The first kappa shape index (κ1) is 16.4. The highest BCUT2D eigenvalue weighted by atomic mass is 79.9. The number of methoxy groups -OCH3 is 1. The Labute approximate surface area is 137 Å². The summed E-state index contributed by atoms with van der Waals surface area (Å²) in [6.07, 6.45) is 6.30. The van der Waals surface area contributed by atoms with Crippen molar-refractivity contribution in [1.82, 2.24) is 15.0 Å². The Morgan fingerprint density at radius 3 is 2.82 bits per heavy atom. The van der Waals surface area contributed by atoms with Crippen LogP contribution in [0.25, 0.3) is 0 Å². The molecular formula is C15H17BrN4O2. The van der Waals surface area contributed by atoms with Crippen LogP contribution in [0.2, 0.25) is 0 Å². The molecule has 116 valence electrons. The molecule has 2 heterocycles. The molecule has 0 aliphatic rings. The van der Waals surface area contributed by atoms with Crippen molar-refractivity contribution in [2.45, 2.75) is 25.7 Å². The quantitative estimate of drug-likeness (QED) is 0.851. The maximum atomic E-state index is 12.5. The average Bonchev–Trinajstić information content (AvgIpc) is 2.54. The van der Waals surface area contributed by atoms with Gasteiger partial charge in [-0.2, -0.15) is 0 Å². The van der Waals surface area contributed by atoms with E-state index >= 15 is 0 Å². The zero-order valence-electron chi connectivity index (χ0n) is 12.4. The minimum atomic E-state index is -0.285. The number of nitrogens with one attached hydrogen (secondary N) is 1. The Hall–Kier alpha value is -2.02. The standard InChI is InChI=1S/C15H17BrN4O2/c1-3-4-11(10-5-6-17-14(7-10)22-2)15(21)20-13-9-18-12(16)8-19-13/h5-9,11H,3-4H2,1-2H3,(H,19,20,21). The molecule has 1 N–H and O–H groups in total. The third-order valence-electron chi connectivity index (χ3n) is 3.14. The number of anilines is 1. The Morgan fingerprint density at radius 1 is 1.36 bits per heavy atom. The van der Waals surface area contributed by atoms with E-state index in [2.05, 4.69) is 36.2 Å². The number of ether oxygens (including phenoxy) is 1. The lowest BCUT2D eigenvalue weighted by Crippen LogP contribution is -2.22. The second kappa shape index (κ2) is 7.84. The number of rotatable bonds is 6. The van der Waals surface area contributed by atoms with E-state index in [0.717, 1.165) is 18.4 Å². The number of hydrogen-bond donors (Lipinski definition) is 1. The molecule has 0 spiro atoms. The summed E-state index contributed by atoms with van der Waals surface area (Å²) in [5, 5.41) is 2.80. The largest absolute Gasteiger partial charge is 0.481 e. The zero-order valence-corrected chi connectivity index (χ0v) is 14.0. The fourth-order valence-corrected chi connectivity index (χ4v) is 2.29. The highest BCUT2D eigenvalue weighted by Gasteiger charge is 2.21. The van der Waals surface area contributed by atoms with Crippen LogP contribution in [0.15, 0.2) is 35.3 Å². The molecule has 2 aromatic rings. The van der Waals surface area contributed by atoms with Gasteiger partial charge in [0.25, 0.3) is 0 Å². The van der Waals surface area contributed by atoms with Gasteiger partial charge in [-0.05, 0) is 34.0 Å². The first-order valence-electron chi connectivity index (χ1n) is 6.92. The number of carbonyl (C=O) groups is 1. The zero-order chi connectivity index (χ0) is 15.9. The van der Waals surface area contributed by atoms with Gasteiger partial charge in [0.05, 0.1) is 25.4 Å². The molecule has 0 saturated carbocycles. The van der Waals surface area contributed by atoms with Crippen LogP contribution in [-0.4, -0.2) is 28.0 Å². The van der Waals surface area contributed by atoms with Crippen LogP contribution in [0.1, 0.15) is 31.2 Å². The average molecular weight is 365 g/mol. The van der Waals surface area contributed by atoms with Crippen LogP contribution in [0.4, 0.5) is 5.82 Å². The molecule has 1 unspecified atom stereocenters. The lowest BCUT2D eigenvalue weighted by atomic mass is 9.94. The number of aromatic nitrogens is 3. The van der Waals surface area contributed by atoms with Crippen molar-refractivity contribution in [3.05, 3.63) is 40.9 Å². The molecule has 1 amide bonds. The Bertz CT molecular complexity index is 634. The monoisotopic (exact) mass is 364 g/mol. The number of carbonyl (C=O) groups excluding carboxylic acids is 1. The van der Waals surface area contributed by atoms with E-state index < -0.39 is 0 Å². The summed E-state index contributed by atoms with van der Waals surface area (Å²) in [4.78, 5) is 24.8. The predicted octanol–water partition coefficient (Wildman–Crippen LogP) is 3.17. The molecule has 0 radical (unpaired) electrons. The van der Waals surface area contributed by atoms with Crippen molar-refractivity contribution >= 4 is 27.7 Å². The second-order valence-electron chi connectivity index (χ2n) is 4.69. The molecule has 2 aromatic heterocycles. The minimum absolute atomic E-state index is 0.119. The summed E-state index contributed by atoms with van der Waals surface area (Å²) in [6, 6.07) is 3.61. The molecule has 0 bridgehead atoms. The molecule has 0 aromatic carbocycles. The highest BCUT2D eigenvalue weighted by molar-refractivity contribution is 9.10. The molecule has 0 aliphatic carbocycles. The summed E-state index contributed by atoms with van der Waals surface area (Å²) in [5.74, 6) is 0.518. The summed E-state index contributed by atoms with van der Waals surface area (Å²) in [7, 11) is 1.55. The summed E-state index contributed by atoms with van der Waals surface area (Å²) < 4.78 is 5.74. The first-order valence-corrected chi connectivity index (χ1v) is 7.71. The smallest absolute Gasteiger partial charge is 0.233 e. The summed E-state index contributed by atoms with van der Waals surface area (Å²) >= 11 is 3.21. The number of halogens is 1. The van der Waals surface area contributed by atoms with E-state index in [1.54, 1.807) is 25.6 Å². The van der Waals surface area contributed by atoms with Gasteiger partial charge in [0.1, 0.15) is 4.60 Å². The third-order valence-corrected chi connectivity index (χ3v) is 3.55. The Kier molecular flexibility index (Phi) is 5.83. The molecular weight excluding hydrogens is 348 g/mol. The lowest BCUT2D eigenvalue weighted by Gasteiger charge is -2.16. The van der Waals surface area contributed by atoms with Gasteiger partial charge in [0.15, 0.2) is 5.82 Å². The number of amides is 1. The lowest BCUT2D eigenvalue weighted by molar-refractivity contribution is -0.117. The van der Waals surface area contributed by atoms with Gasteiger partial charge in [-0.3, -0.25) is 4.79 Å². The molecule has 2 rings (SSSR count). The topological polar surface area (TPSA) is 77.0 Å². The summed E-state index contributed by atoms with van der Waals surface area (Å²) in [5.41, 5.74) is 0.872. The van der Waals surface area contributed by atoms with Gasteiger partial charge < -0.3 is 10.1 Å². The molecule has 6 nitrogen and oxygen atoms in total. The van der Waals surface area contributed by atoms with Crippen LogP contribution < -0.4 is 10.1 Å². The van der Waals surface area contributed by atoms with Gasteiger partial charge in [0, 0.05) is 12.3 Å². The van der Waals surface area contributed by atoms with Crippen molar-refractivity contribution in [3.63, 3.8) is 0 Å². The van der Waals surface area contributed by atoms with Crippen LogP contribution >= 0.6 is 15.9 Å². The Morgan fingerprint density at radius 2 is 2.18 bits per heavy atom. The van der Waals surface area contributed by atoms with E-state index in [-0.39, 0.29) is 11.8 Å². The third kappa shape index (κ3) is 4.24. The van der Waals surface area contributed by atoms with Crippen molar-refractivity contribution in [2.75, 3.05) is 12.4 Å². The van der Waals surface area contributed by atoms with Gasteiger partial charge in [0.2, 0.25) is 11.8 Å². The Balaban J connectivity index is 2.18.